The summed E-state index contributed by atoms with van der Waals surface area (Å²) in [6.45, 7) is 1.63. The van der Waals surface area contributed by atoms with E-state index in [0.29, 0.717) is 27.8 Å². The maximum Gasteiger partial charge on any atom is 0.374 e. The zero-order valence-electron chi connectivity index (χ0n) is 18.6. The second-order valence-electron chi connectivity index (χ2n) is 8.15. The van der Waals surface area contributed by atoms with Crippen LogP contribution in [0.25, 0.3) is 0 Å². The minimum atomic E-state index is -1.34. The Morgan fingerprint density at radius 3 is 2.31 bits per heavy atom. The average molecular weight is 473 g/mol. The van der Waals surface area contributed by atoms with Crippen LogP contribution in [-0.4, -0.2) is 55.7 Å². The smallest absolute Gasteiger partial charge is 0.374 e. The summed E-state index contributed by atoms with van der Waals surface area (Å²) >= 11 is 0. The maximum absolute atomic E-state index is 13.3. The first-order valence-electron chi connectivity index (χ1n) is 10.9. The summed E-state index contributed by atoms with van der Waals surface area (Å²) in [5.41, 5.74) is 1.89. The molecule has 0 bridgehead atoms. The van der Waals surface area contributed by atoms with Crippen molar-refractivity contribution < 1.29 is 33.8 Å². The van der Waals surface area contributed by atoms with E-state index in [4.69, 9.17) is 4.74 Å². The highest BCUT2D eigenvalue weighted by Crippen LogP contribution is 2.35. The number of fused-ring (bicyclic) bond motifs is 2. The highest BCUT2D eigenvalue weighted by atomic mass is 16.5. The van der Waals surface area contributed by atoms with Gasteiger partial charge in [0.25, 0.3) is 11.8 Å². The zero-order chi connectivity index (χ0) is 24.9. The number of carboxylic acid groups (broad SMARTS) is 1. The van der Waals surface area contributed by atoms with E-state index in [9.17, 15) is 29.1 Å². The molecule has 3 aromatic rings. The van der Waals surface area contributed by atoms with Gasteiger partial charge in [0, 0.05) is 18.2 Å². The van der Waals surface area contributed by atoms with Crippen molar-refractivity contribution in [3.05, 3.63) is 88.0 Å². The molecule has 2 amide bonds. The number of amides is 2. The number of hydrogen-bond donors (Lipinski definition) is 1. The topological polar surface area (TPSA) is 136 Å². The number of carbonyl (C=O) groups excluding carboxylic acids is 4. The minimum Gasteiger partial charge on any atom is -0.476 e. The number of hydrogen-bond acceptors (Lipinski definition) is 7. The van der Waals surface area contributed by atoms with Crippen molar-refractivity contribution in [1.82, 2.24) is 14.5 Å². The third kappa shape index (κ3) is 3.50. The van der Waals surface area contributed by atoms with Gasteiger partial charge in [-0.05, 0) is 30.2 Å². The molecule has 5 rings (SSSR count). The molecule has 1 atom stereocenters. The van der Waals surface area contributed by atoms with Crippen LogP contribution >= 0.6 is 0 Å². The minimum absolute atomic E-state index is 0.0233. The average Bonchev–Trinajstić information content (AvgIpc) is 3.50. The molecule has 0 saturated heterocycles. The summed E-state index contributed by atoms with van der Waals surface area (Å²) in [7, 11) is 0. The molecule has 35 heavy (non-hydrogen) atoms. The van der Waals surface area contributed by atoms with E-state index in [0.717, 1.165) is 11.1 Å². The van der Waals surface area contributed by atoms with Crippen LogP contribution in [0.3, 0.4) is 0 Å². The second-order valence-corrected chi connectivity index (χ2v) is 8.15. The van der Waals surface area contributed by atoms with Crippen LogP contribution in [0.15, 0.2) is 48.7 Å². The van der Waals surface area contributed by atoms with Gasteiger partial charge in [-0.2, -0.15) is 0 Å². The standard InChI is InChI=1S/C25H19N3O7/c1-2-35-25(34)21-26-18(24(32)33)12-27(21)19-10-17-13(6-5-9-14(17)20(19)29)11-28-22(30)15-7-3-4-8-16(15)23(28)31/h3-9,12,19H,2,10-11H2,1H3,(H,32,33). The van der Waals surface area contributed by atoms with Crippen LogP contribution < -0.4 is 0 Å². The lowest BCUT2D eigenvalue weighted by Crippen LogP contribution is -2.29. The number of esters is 1. The van der Waals surface area contributed by atoms with E-state index < -0.39 is 29.8 Å². The molecule has 1 aliphatic carbocycles. The third-order valence-electron chi connectivity index (χ3n) is 6.19. The normalized spacial score (nSPS) is 16.4. The Bertz CT molecular complexity index is 1400. The van der Waals surface area contributed by atoms with Gasteiger partial charge in [0.1, 0.15) is 6.04 Å². The molecular weight excluding hydrogens is 454 g/mol. The highest BCUT2D eigenvalue weighted by molar-refractivity contribution is 6.21. The Balaban J connectivity index is 1.49. The molecule has 10 heteroatoms. The van der Waals surface area contributed by atoms with Gasteiger partial charge in [-0.1, -0.05) is 30.3 Å². The number of imidazole rings is 1. The summed E-state index contributed by atoms with van der Waals surface area (Å²) in [6, 6.07) is 10.7. The predicted molar refractivity (Wildman–Crippen MR) is 119 cm³/mol. The van der Waals surface area contributed by atoms with Crippen molar-refractivity contribution in [3.8, 4) is 0 Å². The molecule has 176 valence electrons. The lowest BCUT2D eigenvalue weighted by atomic mass is 10.0. The number of rotatable bonds is 6. The number of carboxylic acids is 1. The van der Waals surface area contributed by atoms with Gasteiger partial charge < -0.3 is 14.4 Å². The van der Waals surface area contributed by atoms with Gasteiger partial charge in [0.15, 0.2) is 11.5 Å². The van der Waals surface area contributed by atoms with E-state index in [-0.39, 0.29) is 36.9 Å². The number of Topliss-reactive ketones (excluding diaryl/α,β-unsaturated/α-hetero) is 1. The predicted octanol–water partition coefficient (Wildman–Crippen LogP) is 2.53. The molecule has 0 fully saturated rings. The van der Waals surface area contributed by atoms with E-state index in [1.165, 1.54) is 4.57 Å². The molecule has 1 N–H and O–H groups in total. The number of nitrogens with zero attached hydrogens (tertiary/aromatic N) is 3. The molecule has 2 heterocycles. The highest BCUT2D eigenvalue weighted by Gasteiger charge is 2.39. The fraction of sp³-hybridized carbons (Fsp3) is 0.200. The Hall–Kier alpha value is -4.60. The fourth-order valence-corrected chi connectivity index (χ4v) is 4.58. The first-order valence-corrected chi connectivity index (χ1v) is 10.9. The van der Waals surface area contributed by atoms with Gasteiger partial charge in [-0.15, -0.1) is 0 Å². The first-order chi connectivity index (χ1) is 16.8. The lowest BCUT2D eigenvalue weighted by Gasteiger charge is -2.16. The molecule has 10 nitrogen and oxygen atoms in total. The van der Waals surface area contributed by atoms with Crippen LogP contribution in [0.5, 0.6) is 0 Å². The van der Waals surface area contributed by atoms with Gasteiger partial charge in [0.05, 0.1) is 24.3 Å². The largest absolute Gasteiger partial charge is 0.476 e. The van der Waals surface area contributed by atoms with Gasteiger partial charge in [-0.3, -0.25) is 19.3 Å². The molecule has 1 aliphatic heterocycles. The molecule has 0 spiro atoms. The van der Waals surface area contributed by atoms with Gasteiger partial charge >= 0.3 is 11.9 Å². The van der Waals surface area contributed by atoms with Gasteiger partial charge in [0.2, 0.25) is 5.82 Å². The molecule has 1 aromatic heterocycles. The van der Waals surface area contributed by atoms with Crippen LogP contribution in [-0.2, 0) is 17.7 Å². The van der Waals surface area contributed by atoms with Crippen molar-refractivity contribution in [3.63, 3.8) is 0 Å². The molecular formula is C25H19N3O7. The number of aromatic nitrogens is 2. The summed E-state index contributed by atoms with van der Waals surface area (Å²) < 4.78 is 6.22. The molecule has 2 aromatic carbocycles. The van der Waals surface area contributed by atoms with E-state index in [1.807, 2.05) is 0 Å². The first kappa shape index (κ1) is 22.2. The summed E-state index contributed by atoms with van der Waals surface area (Å²) in [5.74, 6) is -3.61. The Morgan fingerprint density at radius 2 is 1.69 bits per heavy atom. The van der Waals surface area contributed by atoms with Crippen molar-refractivity contribution in [1.29, 1.82) is 0 Å². The Morgan fingerprint density at radius 1 is 1.03 bits per heavy atom. The molecule has 2 aliphatic rings. The molecule has 0 radical (unpaired) electrons. The molecule has 0 saturated carbocycles. The van der Waals surface area contributed by atoms with Gasteiger partial charge in [-0.25, -0.2) is 14.6 Å². The fourth-order valence-electron chi connectivity index (χ4n) is 4.58. The number of benzene rings is 2. The SMILES string of the molecule is CCOC(=O)c1nc(C(=O)O)cn1C1Cc2c(CN3C(=O)c4ccccc4C3=O)cccc2C1=O. The van der Waals surface area contributed by atoms with Crippen molar-refractivity contribution in [2.45, 2.75) is 25.9 Å². The third-order valence-corrected chi connectivity index (χ3v) is 6.19. The quantitative estimate of drug-likeness (QED) is 0.426. The van der Waals surface area contributed by atoms with Crippen LogP contribution in [0, 0.1) is 0 Å². The monoisotopic (exact) mass is 473 g/mol. The summed E-state index contributed by atoms with van der Waals surface area (Å²) in [5, 5.41) is 9.36. The van der Waals surface area contributed by atoms with E-state index in [1.54, 1.807) is 49.4 Å². The van der Waals surface area contributed by atoms with Crippen LogP contribution in [0.1, 0.15) is 76.3 Å². The number of aromatic carboxylic acids is 1. The number of ketones is 1. The van der Waals surface area contributed by atoms with Crippen molar-refractivity contribution in [2.75, 3.05) is 6.61 Å². The van der Waals surface area contributed by atoms with Crippen LogP contribution in [0.4, 0.5) is 0 Å². The number of carbonyl (C=O) groups is 5. The second kappa shape index (κ2) is 8.32. The van der Waals surface area contributed by atoms with E-state index >= 15 is 0 Å². The Labute approximate surface area is 198 Å². The summed E-state index contributed by atoms with van der Waals surface area (Å²) in [4.78, 5) is 67.9. The number of ether oxygens (including phenoxy) is 1. The maximum atomic E-state index is 13.3. The van der Waals surface area contributed by atoms with Crippen molar-refractivity contribution in [2.24, 2.45) is 0 Å². The van der Waals surface area contributed by atoms with Crippen LogP contribution in [0.2, 0.25) is 0 Å². The zero-order valence-corrected chi connectivity index (χ0v) is 18.6. The number of imide groups is 1. The molecule has 1 unspecified atom stereocenters. The Kier molecular flexibility index (Phi) is 5.28. The van der Waals surface area contributed by atoms with Crippen molar-refractivity contribution >= 4 is 29.5 Å². The summed E-state index contributed by atoms with van der Waals surface area (Å²) in [6.07, 6.45) is 1.28. The van der Waals surface area contributed by atoms with E-state index in [2.05, 4.69) is 4.98 Å². The lowest BCUT2D eigenvalue weighted by molar-refractivity contribution is 0.0502.